The van der Waals surface area contributed by atoms with Crippen LogP contribution in [0, 0.1) is 0 Å². The van der Waals surface area contributed by atoms with Crippen molar-refractivity contribution >= 4 is 22.5 Å². The highest BCUT2D eigenvalue weighted by atomic mass is 15.3. The molecule has 3 rings (SSSR count). The third-order valence-corrected chi connectivity index (χ3v) is 3.49. The molecule has 1 aromatic carbocycles. The van der Waals surface area contributed by atoms with Crippen LogP contribution in [0.5, 0.6) is 0 Å². The number of rotatable bonds is 4. The van der Waals surface area contributed by atoms with Gasteiger partial charge in [-0.25, -0.2) is 4.98 Å². The van der Waals surface area contributed by atoms with E-state index in [0.717, 1.165) is 29.4 Å². The molecule has 104 valence electrons. The molecule has 2 heterocycles. The molecular weight excluding hydrogens is 250 g/mol. The Morgan fingerprint density at radius 2 is 2.15 bits per heavy atom. The minimum Gasteiger partial charge on any atom is -0.379 e. The zero-order valence-electron chi connectivity index (χ0n) is 12.0. The summed E-state index contributed by atoms with van der Waals surface area (Å²) in [5.74, 6) is 0.961. The Labute approximate surface area is 118 Å². The van der Waals surface area contributed by atoms with E-state index in [9.17, 15) is 0 Å². The van der Waals surface area contributed by atoms with Crippen molar-refractivity contribution in [2.45, 2.75) is 6.54 Å². The van der Waals surface area contributed by atoms with Gasteiger partial charge in [0.1, 0.15) is 0 Å². The fraction of sp³-hybridized carbons (Fsp3) is 0.267. The maximum Gasteiger partial charge on any atom is 0.204 e. The normalized spacial score (nSPS) is 10.9. The van der Waals surface area contributed by atoms with E-state index in [-0.39, 0.29) is 0 Å². The van der Waals surface area contributed by atoms with Gasteiger partial charge in [-0.1, -0.05) is 0 Å². The first-order chi connectivity index (χ1) is 9.65. The summed E-state index contributed by atoms with van der Waals surface area (Å²) in [7, 11) is 6.04. The Morgan fingerprint density at radius 1 is 1.30 bits per heavy atom. The fourth-order valence-corrected chi connectivity index (χ4v) is 2.37. The van der Waals surface area contributed by atoms with Crippen LogP contribution < -0.4 is 10.2 Å². The summed E-state index contributed by atoms with van der Waals surface area (Å²) >= 11 is 0. The lowest BCUT2D eigenvalue weighted by Crippen LogP contribution is -2.15. The van der Waals surface area contributed by atoms with Gasteiger partial charge in [-0.15, -0.1) is 0 Å². The number of H-pyrrole nitrogens is 1. The van der Waals surface area contributed by atoms with E-state index in [0.29, 0.717) is 0 Å². The highest BCUT2D eigenvalue weighted by Gasteiger charge is 2.07. The number of imidazole rings is 1. The average molecular weight is 269 g/mol. The maximum atomic E-state index is 4.41. The van der Waals surface area contributed by atoms with Crippen LogP contribution in [0.1, 0.15) is 5.69 Å². The van der Waals surface area contributed by atoms with E-state index in [1.54, 1.807) is 0 Å². The molecular formula is C15H19N5. The molecule has 0 spiro atoms. The topological polar surface area (TPSA) is 48.9 Å². The Balaban J connectivity index is 1.75. The first-order valence-corrected chi connectivity index (χ1v) is 6.64. The molecule has 20 heavy (non-hydrogen) atoms. The third kappa shape index (κ3) is 2.22. The van der Waals surface area contributed by atoms with Crippen LogP contribution in [0.25, 0.3) is 10.9 Å². The lowest BCUT2D eigenvalue weighted by Gasteiger charge is -2.13. The lowest BCUT2D eigenvalue weighted by molar-refractivity contribution is 0.814. The number of aromatic nitrogens is 3. The number of anilines is 2. The van der Waals surface area contributed by atoms with E-state index in [4.69, 9.17) is 0 Å². The largest absolute Gasteiger partial charge is 0.379 e. The quantitative estimate of drug-likeness (QED) is 0.765. The standard InChI is InChI=1S/C15H19N5/c1-19(2)15-18-10-13(20(15)3)9-17-12-4-5-14-11(8-12)6-7-16-14/h4-8,10,16-17H,9H2,1-3H3. The molecule has 0 aliphatic rings. The molecule has 0 atom stereocenters. The van der Waals surface area contributed by atoms with Gasteiger partial charge in [0.2, 0.25) is 5.95 Å². The number of benzene rings is 1. The minimum atomic E-state index is 0.757. The van der Waals surface area contributed by atoms with Gasteiger partial charge in [0.15, 0.2) is 0 Å². The number of hydrogen-bond acceptors (Lipinski definition) is 3. The van der Waals surface area contributed by atoms with Crippen molar-refractivity contribution in [1.82, 2.24) is 14.5 Å². The molecule has 0 aliphatic carbocycles. The van der Waals surface area contributed by atoms with Gasteiger partial charge in [-0.3, -0.25) is 0 Å². The van der Waals surface area contributed by atoms with Crippen LogP contribution >= 0.6 is 0 Å². The summed E-state index contributed by atoms with van der Waals surface area (Å²) < 4.78 is 2.10. The molecule has 3 aromatic rings. The Bertz CT molecular complexity index is 723. The van der Waals surface area contributed by atoms with E-state index in [2.05, 4.69) is 44.1 Å². The first-order valence-electron chi connectivity index (χ1n) is 6.64. The van der Waals surface area contributed by atoms with Gasteiger partial charge < -0.3 is 19.8 Å². The molecule has 0 amide bonds. The SMILES string of the molecule is CN(C)c1ncc(CNc2ccc3[nH]ccc3c2)n1C. The molecule has 0 saturated heterocycles. The summed E-state index contributed by atoms with van der Waals surface area (Å²) in [5, 5.41) is 4.66. The second-order valence-electron chi connectivity index (χ2n) is 5.14. The van der Waals surface area contributed by atoms with Crippen molar-refractivity contribution in [2.75, 3.05) is 24.3 Å². The zero-order valence-corrected chi connectivity index (χ0v) is 12.0. The fourth-order valence-electron chi connectivity index (χ4n) is 2.37. The molecule has 0 aliphatic heterocycles. The van der Waals surface area contributed by atoms with Crippen LogP contribution in [0.15, 0.2) is 36.7 Å². The Kier molecular flexibility index (Phi) is 3.10. The van der Waals surface area contributed by atoms with Crippen molar-refractivity contribution in [1.29, 1.82) is 0 Å². The number of aromatic amines is 1. The van der Waals surface area contributed by atoms with Crippen molar-refractivity contribution in [3.8, 4) is 0 Å². The van der Waals surface area contributed by atoms with Crippen LogP contribution in [0.4, 0.5) is 11.6 Å². The highest BCUT2D eigenvalue weighted by molar-refractivity contribution is 5.82. The Hall–Kier alpha value is -2.43. The summed E-state index contributed by atoms with van der Waals surface area (Å²) in [6, 6.07) is 8.40. The smallest absolute Gasteiger partial charge is 0.204 e. The summed E-state index contributed by atoms with van der Waals surface area (Å²) in [4.78, 5) is 9.62. The second kappa shape index (κ2) is 4.92. The molecule has 5 nitrogen and oxygen atoms in total. The average Bonchev–Trinajstić information content (AvgIpc) is 3.02. The molecule has 5 heteroatoms. The lowest BCUT2D eigenvalue weighted by atomic mass is 10.2. The van der Waals surface area contributed by atoms with Gasteiger partial charge in [-0.2, -0.15) is 0 Å². The summed E-state index contributed by atoms with van der Waals surface area (Å²) in [6.45, 7) is 0.757. The van der Waals surface area contributed by atoms with Crippen molar-refractivity contribution < 1.29 is 0 Å². The van der Waals surface area contributed by atoms with E-state index in [1.807, 2.05) is 38.4 Å². The predicted molar refractivity (Wildman–Crippen MR) is 83.2 cm³/mol. The van der Waals surface area contributed by atoms with Crippen LogP contribution in [0.3, 0.4) is 0 Å². The van der Waals surface area contributed by atoms with Gasteiger partial charge in [-0.05, 0) is 24.3 Å². The van der Waals surface area contributed by atoms with Gasteiger partial charge >= 0.3 is 0 Å². The van der Waals surface area contributed by atoms with Crippen molar-refractivity contribution in [3.63, 3.8) is 0 Å². The molecule has 0 fully saturated rings. The van der Waals surface area contributed by atoms with E-state index >= 15 is 0 Å². The maximum absolute atomic E-state index is 4.41. The van der Waals surface area contributed by atoms with E-state index < -0.39 is 0 Å². The number of nitrogens with zero attached hydrogens (tertiary/aromatic N) is 3. The monoisotopic (exact) mass is 269 g/mol. The summed E-state index contributed by atoms with van der Waals surface area (Å²) in [5.41, 5.74) is 3.43. The zero-order chi connectivity index (χ0) is 14.1. The predicted octanol–water partition coefficient (Wildman–Crippen LogP) is 2.58. The first kappa shape index (κ1) is 12.6. The second-order valence-corrected chi connectivity index (χ2v) is 5.14. The molecule has 0 bridgehead atoms. The van der Waals surface area contributed by atoms with Crippen LogP contribution in [-0.2, 0) is 13.6 Å². The summed E-state index contributed by atoms with van der Waals surface area (Å²) in [6.07, 6.45) is 3.87. The van der Waals surface area contributed by atoms with Gasteiger partial charge in [0, 0.05) is 43.9 Å². The number of nitrogens with one attached hydrogen (secondary N) is 2. The van der Waals surface area contributed by atoms with Crippen molar-refractivity contribution in [2.24, 2.45) is 7.05 Å². The Morgan fingerprint density at radius 3 is 2.90 bits per heavy atom. The highest BCUT2D eigenvalue weighted by Crippen LogP contribution is 2.19. The number of fused-ring (bicyclic) bond motifs is 1. The molecule has 2 aromatic heterocycles. The van der Waals surface area contributed by atoms with Gasteiger partial charge in [0.05, 0.1) is 18.4 Å². The molecule has 0 unspecified atom stereocenters. The molecule has 0 saturated carbocycles. The van der Waals surface area contributed by atoms with E-state index in [1.165, 1.54) is 5.39 Å². The molecule has 2 N–H and O–H groups in total. The van der Waals surface area contributed by atoms with Crippen LogP contribution in [-0.4, -0.2) is 28.6 Å². The number of hydrogen-bond donors (Lipinski definition) is 2. The van der Waals surface area contributed by atoms with Crippen molar-refractivity contribution in [3.05, 3.63) is 42.4 Å². The van der Waals surface area contributed by atoms with Gasteiger partial charge in [0.25, 0.3) is 0 Å². The van der Waals surface area contributed by atoms with Crippen LogP contribution in [0.2, 0.25) is 0 Å². The third-order valence-electron chi connectivity index (χ3n) is 3.49. The minimum absolute atomic E-state index is 0.757. The molecule has 0 radical (unpaired) electrons.